The van der Waals surface area contributed by atoms with Gasteiger partial charge in [-0.3, -0.25) is 9.36 Å². The van der Waals surface area contributed by atoms with E-state index in [1.54, 1.807) is 12.1 Å². The number of halogens is 3. The molecule has 0 bridgehead atoms. The maximum absolute atomic E-state index is 14.5. The quantitative estimate of drug-likeness (QED) is 0.133. The summed E-state index contributed by atoms with van der Waals surface area (Å²) < 4.78 is 40.3. The average molecular weight is 613 g/mol. The summed E-state index contributed by atoms with van der Waals surface area (Å²) in [5.41, 5.74) is -3.07. The van der Waals surface area contributed by atoms with E-state index in [0.717, 1.165) is 23.6 Å². The molecule has 4 aromatic carbocycles. The highest BCUT2D eigenvalue weighted by atomic mass is 79.9. The number of hydrogen-bond acceptors (Lipinski definition) is 2. The van der Waals surface area contributed by atoms with E-state index >= 15 is 0 Å². The van der Waals surface area contributed by atoms with Crippen LogP contribution in [0, 0.1) is 0 Å². The summed E-state index contributed by atoms with van der Waals surface area (Å²) in [6.07, 6.45) is 2.17. The number of benzene rings is 4. The predicted octanol–water partition coefficient (Wildman–Crippen LogP) is 8.06. The van der Waals surface area contributed by atoms with Crippen LogP contribution in [0.25, 0.3) is 0 Å². The molecular weight excluding hydrogens is 585 g/mol. The van der Waals surface area contributed by atoms with E-state index in [1.165, 1.54) is 12.1 Å². The molecular formula is C31H28BrF2O4P. The van der Waals surface area contributed by atoms with Crippen LogP contribution >= 0.6 is 23.5 Å². The minimum atomic E-state index is -5.74. The highest BCUT2D eigenvalue weighted by Gasteiger charge is 2.51. The van der Waals surface area contributed by atoms with E-state index in [9.17, 15) is 27.9 Å². The Morgan fingerprint density at radius 2 is 1.36 bits per heavy atom. The van der Waals surface area contributed by atoms with E-state index in [4.69, 9.17) is 0 Å². The second-order valence-corrected chi connectivity index (χ2v) is 12.1. The number of Topliss-reactive ketones (excluding diaryl/α,β-unsaturated/α-hetero) is 1. The monoisotopic (exact) mass is 612 g/mol. The van der Waals surface area contributed by atoms with Crippen LogP contribution in [0.5, 0.6) is 0 Å². The van der Waals surface area contributed by atoms with Gasteiger partial charge in [-0.1, -0.05) is 119 Å². The Balaban J connectivity index is 1.79. The fraction of sp³-hybridized carbons (Fsp3) is 0.194. The number of hydrogen-bond donors (Lipinski definition) is 2. The lowest BCUT2D eigenvalue weighted by Gasteiger charge is -2.34. The van der Waals surface area contributed by atoms with Gasteiger partial charge in [0.2, 0.25) is 0 Å². The SMILES string of the molecule is O=C(c1ccccc1)C(CCCc1ccccc1)(Cc1ccc(C(F)(F)P(=O)(O)O)c(Br)c1)c1ccccc1. The number of carbonyl (C=O) groups is 1. The second-order valence-electron chi connectivity index (χ2n) is 9.56. The lowest BCUT2D eigenvalue weighted by molar-refractivity contribution is 0.0557. The number of alkyl halides is 2. The lowest BCUT2D eigenvalue weighted by Crippen LogP contribution is -2.38. The van der Waals surface area contributed by atoms with Crippen molar-refractivity contribution in [2.45, 2.75) is 36.8 Å². The smallest absolute Gasteiger partial charge is 0.320 e. The average Bonchev–Trinajstić information content (AvgIpc) is 2.93. The molecule has 0 heterocycles. The standard InChI is InChI=1S/C31H28BrF2O4P/c32-28-21-24(18-19-27(28)31(33,34)39(36,37)38)22-30(26-16-8-3-9-17-26,29(35)25-14-6-2-7-15-25)20-10-13-23-11-4-1-5-12-23/h1-9,11-12,14-19,21H,10,13,20,22H2,(H2,36,37,38). The first-order chi connectivity index (χ1) is 18.5. The summed E-state index contributed by atoms with van der Waals surface area (Å²) in [5, 5.41) is 0. The molecule has 202 valence electrons. The minimum absolute atomic E-state index is 0.0805. The molecule has 0 fully saturated rings. The fourth-order valence-electron chi connectivity index (χ4n) is 4.94. The fourth-order valence-corrected chi connectivity index (χ4v) is 6.28. The molecule has 0 aliphatic heterocycles. The van der Waals surface area contributed by atoms with Crippen molar-refractivity contribution in [2.75, 3.05) is 0 Å². The second kappa shape index (κ2) is 12.1. The summed E-state index contributed by atoms with van der Waals surface area (Å²) in [6.45, 7) is 0. The number of rotatable bonds is 11. The van der Waals surface area contributed by atoms with Crippen molar-refractivity contribution in [3.8, 4) is 0 Å². The van der Waals surface area contributed by atoms with Gasteiger partial charge in [-0.05, 0) is 48.4 Å². The molecule has 2 N–H and O–H groups in total. The topological polar surface area (TPSA) is 74.6 Å². The van der Waals surface area contributed by atoms with Crippen molar-refractivity contribution in [3.05, 3.63) is 141 Å². The molecule has 1 atom stereocenters. The van der Waals surface area contributed by atoms with E-state index < -0.39 is 24.2 Å². The van der Waals surface area contributed by atoms with Gasteiger partial charge < -0.3 is 9.79 Å². The Bertz CT molecular complexity index is 1460. The van der Waals surface area contributed by atoms with Crippen LogP contribution in [0.4, 0.5) is 8.78 Å². The van der Waals surface area contributed by atoms with E-state index in [0.29, 0.717) is 24.0 Å². The molecule has 0 radical (unpaired) electrons. The van der Waals surface area contributed by atoms with Crippen LogP contribution in [0.3, 0.4) is 0 Å². The summed E-state index contributed by atoms with van der Waals surface area (Å²) in [6, 6.07) is 32.3. The first kappa shape index (κ1) is 29.0. The summed E-state index contributed by atoms with van der Waals surface area (Å²) in [7, 11) is -5.74. The molecule has 39 heavy (non-hydrogen) atoms. The largest absolute Gasteiger partial charge is 0.399 e. The van der Waals surface area contributed by atoms with Crippen LogP contribution in [-0.4, -0.2) is 15.6 Å². The zero-order valence-corrected chi connectivity index (χ0v) is 23.5. The van der Waals surface area contributed by atoms with Gasteiger partial charge >= 0.3 is 13.3 Å². The molecule has 0 spiro atoms. The van der Waals surface area contributed by atoms with E-state index in [1.807, 2.05) is 78.9 Å². The van der Waals surface area contributed by atoms with Crippen LogP contribution < -0.4 is 0 Å². The Kier molecular flexibility index (Phi) is 8.97. The first-order valence-corrected chi connectivity index (χ1v) is 14.9. The van der Waals surface area contributed by atoms with Gasteiger partial charge in [0.15, 0.2) is 5.78 Å². The van der Waals surface area contributed by atoms with Crippen molar-refractivity contribution in [2.24, 2.45) is 0 Å². The van der Waals surface area contributed by atoms with Crippen LogP contribution in [0.2, 0.25) is 0 Å². The number of carbonyl (C=O) groups excluding carboxylic acids is 1. The highest BCUT2D eigenvalue weighted by Crippen LogP contribution is 2.60. The summed E-state index contributed by atoms with van der Waals surface area (Å²) >= 11 is 3.10. The van der Waals surface area contributed by atoms with Crippen molar-refractivity contribution in [1.82, 2.24) is 0 Å². The molecule has 4 aromatic rings. The van der Waals surface area contributed by atoms with Gasteiger partial charge in [0.05, 0.1) is 5.41 Å². The maximum Gasteiger partial charge on any atom is 0.399 e. The number of aryl methyl sites for hydroxylation is 1. The molecule has 0 aromatic heterocycles. The third-order valence-corrected chi connectivity index (χ3v) is 8.57. The zero-order chi connectivity index (χ0) is 28.1. The molecule has 0 saturated carbocycles. The Morgan fingerprint density at radius 1 is 0.795 bits per heavy atom. The van der Waals surface area contributed by atoms with Gasteiger partial charge in [-0.15, -0.1) is 0 Å². The normalized spacial score (nSPS) is 13.6. The number of ketones is 1. The van der Waals surface area contributed by atoms with Gasteiger partial charge in [0, 0.05) is 15.6 Å². The molecule has 4 nitrogen and oxygen atoms in total. The Hall–Kier alpha value is -2.96. The Morgan fingerprint density at radius 3 is 1.92 bits per heavy atom. The van der Waals surface area contributed by atoms with Gasteiger partial charge in [-0.25, -0.2) is 0 Å². The lowest BCUT2D eigenvalue weighted by atomic mass is 9.67. The highest BCUT2D eigenvalue weighted by molar-refractivity contribution is 9.10. The van der Waals surface area contributed by atoms with E-state index in [2.05, 4.69) is 15.9 Å². The zero-order valence-electron chi connectivity index (χ0n) is 21.0. The van der Waals surface area contributed by atoms with Crippen LogP contribution in [-0.2, 0) is 28.5 Å². The van der Waals surface area contributed by atoms with E-state index in [-0.39, 0.29) is 16.7 Å². The van der Waals surface area contributed by atoms with Crippen LogP contribution in [0.1, 0.15) is 45.5 Å². The maximum atomic E-state index is 14.5. The predicted molar refractivity (Wildman–Crippen MR) is 152 cm³/mol. The van der Waals surface area contributed by atoms with Crippen molar-refractivity contribution >= 4 is 29.3 Å². The molecule has 0 amide bonds. The third kappa shape index (κ3) is 6.44. The molecule has 0 aliphatic rings. The Labute approximate surface area is 235 Å². The summed E-state index contributed by atoms with van der Waals surface area (Å²) in [5.74, 6) is -0.0805. The molecule has 8 heteroatoms. The molecule has 4 rings (SSSR count). The van der Waals surface area contributed by atoms with Gasteiger partial charge in [0.1, 0.15) is 0 Å². The van der Waals surface area contributed by atoms with Gasteiger partial charge in [-0.2, -0.15) is 8.78 Å². The third-order valence-electron chi connectivity index (χ3n) is 6.94. The minimum Gasteiger partial charge on any atom is -0.320 e. The summed E-state index contributed by atoms with van der Waals surface area (Å²) in [4.78, 5) is 32.7. The van der Waals surface area contributed by atoms with Crippen LogP contribution in [0.15, 0.2) is 114 Å². The van der Waals surface area contributed by atoms with Crippen molar-refractivity contribution in [1.29, 1.82) is 0 Å². The van der Waals surface area contributed by atoms with Crippen molar-refractivity contribution < 1.29 is 27.9 Å². The van der Waals surface area contributed by atoms with Gasteiger partial charge in [0.25, 0.3) is 0 Å². The first-order valence-electron chi connectivity index (χ1n) is 12.5. The molecule has 0 aliphatic carbocycles. The van der Waals surface area contributed by atoms with Crippen molar-refractivity contribution in [3.63, 3.8) is 0 Å². The molecule has 1 unspecified atom stereocenters. The molecule has 0 saturated heterocycles.